The summed E-state index contributed by atoms with van der Waals surface area (Å²) in [5, 5.41) is 4.12. The molecule has 1 saturated carbocycles. The fourth-order valence-electron chi connectivity index (χ4n) is 2.73. The number of benzene rings is 1. The lowest BCUT2D eigenvalue weighted by molar-refractivity contribution is -0.148. The lowest BCUT2D eigenvalue weighted by Gasteiger charge is -2.31. The Morgan fingerprint density at radius 2 is 1.89 bits per heavy atom. The summed E-state index contributed by atoms with van der Waals surface area (Å²) in [6.07, 6.45) is 4.66. The summed E-state index contributed by atoms with van der Waals surface area (Å²) in [7, 11) is 1.42. The monoisotopic (exact) mass is 281 g/mol. The molecule has 3 nitrogen and oxygen atoms in total. The largest absolute Gasteiger partial charge is 0.467 e. The van der Waals surface area contributed by atoms with E-state index in [4.69, 9.17) is 16.3 Å². The highest BCUT2D eigenvalue weighted by molar-refractivity contribution is 6.30. The summed E-state index contributed by atoms with van der Waals surface area (Å²) >= 11 is 5.91. The highest BCUT2D eigenvalue weighted by Gasteiger charge is 2.38. The van der Waals surface area contributed by atoms with Crippen molar-refractivity contribution >= 4 is 17.6 Å². The van der Waals surface area contributed by atoms with Crippen molar-refractivity contribution in [3.8, 4) is 0 Å². The van der Waals surface area contributed by atoms with Crippen molar-refractivity contribution in [3.05, 3.63) is 34.9 Å². The van der Waals surface area contributed by atoms with Crippen LogP contribution in [0, 0.1) is 0 Å². The lowest BCUT2D eigenvalue weighted by atomic mass is 9.90. The van der Waals surface area contributed by atoms with Crippen molar-refractivity contribution in [3.63, 3.8) is 0 Å². The molecule has 1 N–H and O–H groups in total. The number of carbonyl (C=O) groups excluding carboxylic acids is 1. The molecule has 19 heavy (non-hydrogen) atoms. The van der Waals surface area contributed by atoms with Crippen molar-refractivity contribution in [1.29, 1.82) is 0 Å². The van der Waals surface area contributed by atoms with Gasteiger partial charge in [0.1, 0.15) is 5.54 Å². The third-order valence-corrected chi connectivity index (χ3v) is 4.12. The van der Waals surface area contributed by atoms with Crippen LogP contribution in [0.5, 0.6) is 0 Å². The predicted octanol–water partition coefficient (Wildman–Crippen LogP) is 3.26. The van der Waals surface area contributed by atoms with E-state index in [0.717, 1.165) is 18.4 Å². The van der Waals surface area contributed by atoms with Gasteiger partial charge in [-0.15, -0.1) is 0 Å². The van der Waals surface area contributed by atoms with Gasteiger partial charge >= 0.3 is 5.97 Å². The van der Waals surface area contributed by atoms with Gasteiger partial charge in [0.05, 0.1) is 7.11 Å². The molecule has 2 rings (SSSR count). The van der Waals surface area contributed by atoms with E-state index in [1.165, 1.54) is 20.0 Å². The van der Waals surface area contributed by atoms with E-state index in [1.807, 2.05) is 19.1 Å². The van der Waals surface area contributed by atoms with E-state index in [-0.39, 0.29) is 5.97 Å². The Morgan fingerprint density at radius 1 is 1.32 bits per heavy atom. The van der Waals surface area contributed by atoms with Crippen molar-refractivity contribution in [2.75, 3.05) is 7.11 Å². The maximum absolute atomic E-state index is 12.2. The van der Waals surface area contributed by atoms with Crippen molar-refractivity contribution < 1.29 is 9.53 Å². The van der Waals surface area contributed by atoms with Crippen molar-refractivity contribution in [2.24, 2.45) is 0 Å². The van der Waals surface area contributed by atoms with E-state index in [2.05, 4.69) is 5.32 Å². The lowest BCUT2D eigenvalue weighted by Crippen LogP contribution is -2.51. The Morgan fingerprint density at radius 3 is 2.42 bits per heavy atom. The van der Waals surface area contributed by atoms with Crippen LogP contribution in [0.1, 0.15) is 38.2 Å². The average Bonchev–Trinajstić information content (AvgIpc) is 2.91. The zero-order valence-electron chi connectivity index (χ0n) is 11.4. The third kappa shape index (κ3) is 3.10. The van der Waals surface area contributed by atoms with Crippen LogP contribution in [0.25, 0.3) is 0 Å². The molecule has 1 fully saturated rings. The molecule has 0 aliphatic heterocycles. The Hall–Kier alpha value is -1.06. The second-order valence-electron chi connectivity index (χ2n) is 5.25. The SMILES string of the molecule is COC(=O)C(C)(NC1CCCC1)c1ccc(Cl)cc1. The minimum absolute atomic E-state index is 0.262. The molecule has 0 radical (unpaired) electrons. The minimum Gasteiger partial charge on any atom is -0.467 e. The fraction of sp³-hybridized carbons (Fsp3) is 0.533. The highest BCUT2D eigenvalue weighted by Crippen LogP contribution is 2.28. The first kappa shape index (κ1) is 14.4. The number of methoxy groups -OCH3 is 1. The molecule has 0 amide bonds. The topological polar surface area (TPSA) is 38.3 Å². The smallest absolute Gasteiger partial charge is 0.330 e. The van der Waals surface area contributed by atoms with E-state index in [1.54, 1.807) is 12.1 Å². The number of halogens is 1. The van der Waals surface area contributed by atoms with Gasteiger partial charge in [0, 0.05) is 11.1 Å². The number of esters is 1. The van der Waals surface area contributed by atoms with E-state index in [0.29, 0.717) is 11.1 Å². The summed E-state index contributed by atoms with van der Waals surface area (Å²) in [6, 6.07) is 7.73. The van der Waals surface area contributed by atoms with Crippen LogP contribution in [-0.4, -0.2) is 19.1 Å². The summed E-state index contributed by atoms with van der Waals surface area (Å²) < 4.78 is 4.98. The van der Waals surface area contributed by atoms with Gasteiger partial charge < -0.3 is 4.74 Å². The van der Waals surface area contributed by atoms with Crippen LogP contribution >= 0.6 is 11.6 Å². The second kappa shape index (κ2) is 5.93. The maximum atomic E-state index is 12.2. The van der Waals surface area contributed by atoms with Crippen LogP contribution in [0.15, 0.2) is 24.3 Å². The van der Waals surface area contributed by atoms with Crippen LogP contribution in [0.2, 0.25) is 5.02 Å². The van der Waals surface area contributed by atoms with Gasteiger partial charge in [-0.3, -0.25) is 5.32 Å². The van der Waals surface area contributed by atoms with Crippen molar-refractivity contribution in [2.45, 2.75) is 44.2 Å². The van der Waals surface area contributed by atoms with Gasteiger partial charge in [0.15, 0.2) is 0 Å². The summed E-state index contributed by atoms with van der Waals surface area (Å²) in [6.45, 7) is 1.88. The number of ether oxygens (including phenoxy) is 1. The van der Waals surface area contributed by atoms with Crippen LogP contribution in [0.4, 0.5) is 0 Å². The predicted molar refractivity (Wildman–Crippen MR) is 76.2 cm³/mol. The quantitative estimate of drug-likeness (QED) is 0.861. The molecule has 1 aromatic carbocycles. The first-order chi connectivity index (χ1) is 9.06. The van der Waals surface area contributed by atoms with Gasteiger partial charge in [0.25, 0.3) is 0 Å². The standard InChI is InChI=1S/C15H20ClNO2/c1-15(14(18)19-2,17-13-5-3-4-6-13)11-7-9-12(16)10-8-11/h7-10,13,17H,3-6H2,1-2H3. The van der Waals surface area contributed by atoms with Gasteiger partial charge in [-0.25, -0.2) is 4.79 Å². The molecule has 1 aromatic rings. The molecule has 0 aromatic heterocycles. The number of carbonyl (C=O) groups is 1. The van der Waals surface area contributed by atoms with E-state index < -0.39 is 5.54 Å². The minimum atomic E-state index is -0.811. The normalized spacial score (nSPS) is 19.1. The number of hydrogen-bond acceptors (Lipinski definition) is 3. The molecule has 1 aliphatic carbocycles. The van der Waals surface area contributed by atoms with Crippen LogP contribution in [0.3, 0.4) is 0 Å². The molecular formula is C15H20ClNO2. The summed E-state index contributed by atoms with van der Waals surface area (Å²) in [4.78, 5) is 12.2. The molecule has 1 atom stereocenters. The zero-order chi connectivity index (χ0) is 13.9. The first-order valence-corrected chi connectivity index (χ1v) is 7.06. The van der Waals surface area contributed by atoms with Gasteiger partial charge in [0.2, 0.25) is 0 Å². The molecular weight excluding hydrogens is 262 g/mol. The van der Waals surface area contributed by atoms with E-state index in [9.17, 15) is 4.79 Å². The molecule has 0 bridgehead atoms. The first-order valence-electron chi connectivity index (χ1n) is 6.68. The highest BCUT2D eigenvalue weighted by atomic mass is 35.5. The van der Waals surface area contributed by atoms with Gasteiger partial charge in [-0.1, -0.05) is 36.6 Å². The fourth-order valence-corrected chi connectivity index (χ4v) is 2.85. The Bertz CT molecular complexity index is 440. The summed E-state index contributed by atoms with van der Waals surface area (Å²) in [5.74, 6) is -0.262. The molecule has 1 unspecified atom stereocenters. The van der Waals surface area contributed by atoms with Crippen LogP contribution in [-0.2, 0) is 15.1 Å². The molecule has 104 valence electrons. The molecule has 0 saturated heterocycles. The summed E-state index contributed by atoms with van der Waals surface area (Å²) in [5.41, 5.74) is 0.0737. The Balaban J connectivity index is 2.27. The number of rotatable bonds is 4. The van der Waals surface area contributed by atoms with Gasteiger partial charge in [-0.2, -0.15) is 0 Å². The second-order valence-corrected chi connectivity index (χ2v) is 5.69. The van der Waals surface area contributed by atoms with Crippen molar-refractivity contribution in [1.82, 2.24) is 5.32 Å². The van der Waals surface area contributed by atoms with Crippen LogP contribution < -0.4 is 5.32 Å². The number of nitrogens with one attached hydrogen (secondary N) is 1. The molecule has 0 heterocycles. The average molecular weight is 282 g/mol. The Kier molecular flexibility index (Phi) is 4.48. The third-order valence-electron chi connectivity index (χ3n) is 3.86. The maximum Gasteiger partial charge on any atom is 0.330 e. The Labute approximate surface area is 119 Å². The molecule has 4 heteroatoms. The number of hydrogen-bond donors (Lipinski definition) is 1. The molecule has 1 aliphatic rings. The molecule has 0 spiro atoms. The van der Waals surface area contributed by atoms with E-state index >= 15 is 0 Å². The zero-order valence-corrected chi connectivity index (χ0v) is 12.2. The van der Waals surface area contributed by atoms with Gasteiger partial charge in [-0.05, 0) is 37.5 Å².